The second-order valence-corrected chi connectivity index (χ2v) is 6.95. The highest BCUT2D eigenvalue weighted by Crippen LogP contribution is 2.28. The van der Waals surface area contributed by atoms with Gasteiger partial charge in [0.25, 0.3) is 0 Å². The van der Waals surface area contributed by atoms with Crippen LogP contribution in [-0.4, -0.2) is 31.2 Å². The van der Waals surface area contributed by atoms with Gasteiger partial charge in [-0.25, -0.2) is 0 Å². The van der Waals surface area contributed by atoms with Gasteiger partial charge in [-0.2, -0.15) is 9.67 Å². The Morgan fingerprint density at radius 2 is 2.05 bits per heavy atom. The van der Waals surface area contributed by atoms with Crippen molar-refractivity contribution in [1.29, 1.82) is 0 Å². The number of aromatic nitrogens is 5. The molecule has 0 amide bonds. The second kappa shape index (κ2) is 6.46. The smallest absolute Gasteiger partial charge is 0.236 e. The van der Waals surface area contributed by atoms with Crippen LogP contribution in [0.5, 0.6) is 0 Å². The monoisotopic (exact) mass is 336 g/mol. The van der Waals surface area contributed by atoms with Crippen LogP contribution < -0.4 is 5.73 Å². The molecule has 0 aliphatic rings. The van der Waals surface area contributed by atoms with Crippen molar-refractivity contribution >= 4 is 40.8 Å². The number of hydrogen-bond acceptors (Lipinski definition) is 8. The normalized spacial score (nSPS) is 10.9. The highest BCUT2D eigenvalue weighted by Gasteiger charge is 2.13. The van der Waals surface area contributed by atoms with Crippen molar-refractivity contribution in [3.63, 3.8) is 0 Å². The van der Waals surface area contributed by atoms with Crippen LogP contribution in [-0.2, 0) is 5.75 Å². The lowest BCUT2D eigenvalue weighted by atomic mass is 10.2. The predicted molar refractivity (Wildman–Crippen MR) is 87.0 cm³/mol. The molecular formula is C12H12N6S3. The van der Waals surface area contributed by atoms with Gasteiger partial charge in [-0.05, 0) is 11.8 Å². The maximum absolute atomic E-state index is 5.83. The molecule has 0 saturated heterocycles. The summed E-state index contributed by atoms with van der Waals surface area (Å²) in [6, 6.07) is 10.3. The first kappa shape index (κ1) is 14.4. The summed E-state index contributed by atoms with van der Waals surface area (Å²) in [5, 5.41) is 13.8. The molecule has 3 rings (SSSR count). The average molecular weight is 336 g/mol. The maximum Gasteiger partial charge on any atom is 0.236 e. The highest BCUT2D eigenvalue weighted by molar-refractivity contribution is 8.00. The molecule has 0 fully saturated rings. The number of anilines is 1. The van der Waals surface area contributed by atoms with E-state index in [2.05, 4.69) is 32.4 Å². The minimum atomic E-state index is 0.329. The van der Waals surface area contributed by atoms with Gasteiger partial charge in [0.15, 0.2) is 4.34 Å². The Labute approximate surface area is 134 Å². The van der Waals surface area contributed by atoms with Crippen LogP contribution in [0.3, 0.4) is 0 Å². The zero-order valence-corrected chi connectivity index (χ0v) is 13.6. The summed E-state index contributed by atoms with van der Waals surface area (Å²) in [7, 11) is 0. The van der Waals surface area contributed by atoms with Crippen molar-refractivity contribution in [3.8, 4) is 5.13 Å². The molecule has 0 saturated carbocycles. The molecule has 2 aromatic heterocycles. The summed E-state index contributed by atoms with van der Waals surface area (Å²) < 4.78 is 2.41. The number of nitrogen functional groups attached to an aromatic ring is 1. The zero-order valence-electron chi connectivity index (χ0n) is 11.1. The first-order valence-corrected chi connectivity index (χ1v) is 9.06. The minimum absolute atomic E-state index is 0.329. The van der Waals surface area contributed by atoms with Gasteiger partial charge in [-0.3, -0.25) is 0 Å². The lowest BCUT2D eigenvalue weighted by Gasteiger charge is -1.97. The molecule has 2 N–H and O–H groups in total. The minimum Gasteiger partial charge on any atom is -0.368 e. The van der Waals surface area contributed by atoms with Crippen LogP contribution in [0.1, 0.15) is 5.56 Å². The Balaban J connectivity index is 1.72. The topological polar surface area (TPSA) is 82.5 Å². The van der Waals surface area contributed by atoms with Crippen molar-refractivity contribution in [2.45, 2.75) is 15.2 Å². The van der Waals surface area contributed by atoms with Gasteiger partial charge in [0.1, 0.15) is 0 Å². The first-order chi connectivity index (χ1) is 10.3. The van der Waals surface area contributed by atoms with E-state index in [-0.39, 0.29) is 0 Å². The van der Waals surface area contributed by atoms with Crippen molar-refractivity contribution in [3.05, 3.63) is 35.9 Å². The van der Waals surface area contributed by atoms with Crippen molar-refractivity contribution in [2.75, 3.05) is 12.0 Å². The molecule has 21 heavy (non-hydrogen) atoms. The molecule has 0 unspecified atom stereocenters. The molecule has 0 bridgehead atoms. The van der Waals surface area contributed by atoms with E-state index in [1.165, 1.54) is 33.3 Å². The van der Waals surface area contributed by atoms with Gasteiger partial charge in [0, 0.05) is 5.75 Å². The Morgan fingerprint density at radius 1 is 1.24 bits per heavy atom. The van der Waals surface area contributed by atoms with Gasteiger partial charge in [-0.1, -0.05) is 65.2 Å². The molecule has 0 radical (unpaired) electrons. The summed E-state index contributed by atoms with van der Waals surface area (Å²) in [5.41, 5.74) is 7.09. The van der Waals surface area contributed by atoms with Crippen LogP contribution in [0.25, 0.3) is 5.13 Å². The van der Waals surface area contributed by atoms with E-state index in [9.17, 15) is 0 Å². The molecule has 2 heterocycles. The zero-order chi connectivity index (χ0) is 14.7. The summed E-state index contributed by atoms with van der Waals surface area (Å²) in [6.07, 6.45) is 1.90. The molecule has 6 nitrogen and oxygen atoms in total. The first-order valence-electron chi connectivity index (χ1n) is 6.03. The van der Waals surface area contributed by atoms with E-state index in [1.807, 2.05) is 24.5 Å². The summed E-state index contributed by atoms with van der Waals surface area (Å²) in [6.45, 7) is 0. The van der Waals surface area contributed by atoms with Crippen LogP contribution in [0.15, 0.2) is 39.8 Å². The van der Waals surface area contributed by atoms with Gasteiger partial charge >= 0.3 is 0 Å². The van der Waals surface area contributed by atoms with Crippen molar-refractivity contribution in [2.24, 2.45) is 0 Å². The molecule has 108 valence electrons. The Kier molecular flexibility index (Phi) is 4.42. The third kappa shape index (κ3) is 3.36. The molecule has 9 heteroatoms. The third-order valence-electron chi connectivity index (χ3n) is 2.58. The average Bonchev–Trinajstić information content (AvgIpc) is 3.12. The number of nitrogens with two attached hydrogens (primary N) is 1. The number of nitrogens with zero attached hydrogens (tertiary/aromatic N) is 5. The quantitative estimate of drug-likeness (QED) is 0.717. The molecule has 1 aromatic carbocycles. The van der Waals surface area contributed by atoms with Gasteiger partial charge in [0.2, 0.25) is 16.2 Å². The van der Waals surface area contributed by atoms with E-state index in [4.69, 9.17) is 5.73 Å². The molecule has 3 aromatic rings. The number of hydrogen-bond donors (Lipinski definition) is 1. The van der Waals surface area contributed by atoms with Crippen LogP contribution in [0.4, 0.5) is 5.95 Å². The van der Waals surface area contributed by atoms with Crippen LogP contribution >= 0.6 is 34.9 Å². The van der Waals surface area contributed by atoms with E-state index < -0.39 is 0 Å². The summed E-state index contributed by atoms with van der Waals surface area (Å²) in [5.74, 6) is 1.19. The van der Waals surface area contributed by atoms with Crippen LogP contribution in [0.2, 0.25) is 0 Å². The fourth-order valence-corrected chi connectivity index (χ4v) is 3.70. The largest absolute Gasteiger partial charge is 0.368 e. The molecule has 0 spiro atoms. The SMILES string of the molecule is CSc1nc(N)n(-c2nnc(SCc3ccccc3)s2)n1. The Bertz CT molecular complexity index is 724. The standard InChI is InChI=1S/C12H12N6S3/c1-19-10-14-9(13)18(17-10)11-15-16-12(21-11)20-7-8-5-3-2-4-6-8/h2-6H,7H2,1H3,(H2,13,14,17). The second-order valence-electron chi connectivity index (χ2n) is 3.99. The van der Waals surface area contributed by atoms with Gasteiger partial charge < -0.3 is 5.73 Å². The van der Waals surface area contributed by atoms with Crippen LogP contribution in [0, 0.1) is 0 Å². The summed E-state index contributed by atoms with van der Waals surface area (Å²) in [4.78, 5) is 4.13. The summed E-state index contributed by atoms with van der Waals surface area (Å²) >= 11 is 4.54. The fraction of sp³-hybridized carbons (Fsp3) is 0.167. The van der Waals surface area contributed by atoms with Crippen molar-refractivity contribution in [1.82, 2.24) is 25.0 Å². The van der Waals surface area contributed by atoms with Gasteiger partial charge in [0.05, 0.1) is 0 Å². The number of thioether (sulfide) groups is 2. The number of rotatable bonds is 5. The lowest BCUT2D eigenvalue weighted by Crippen LogP contribution is -2.01. The highest BCUT2D eigenvalue weighted by atomic mass is 32.2. The molecule has 0 aliphatic heterocycles. The van der Waals surface area contributed by atoms with Crippen molar-refractivity contribution < 1.29 is 0 Å². The Morgan fingerprint density at radius 3 is 2.76 bits per heavy atom. The van der Waals surface area contributed by atoms with E-state index in [0.29, 0.717) is 16.2 Å². The molecule has 0 atom stereocenters. The predicted octanol–water partition coefficient (Wildman–Crippen LogP) is 2.72. The third-order valence-corrected chi connectivity index (χ3v) is 5.22. The molecular weight excluding hydrogens is 324 g/mol. The maximum atomic E-state index is 5.83. The van der Waals surface area contributed by atoms with E-state index >= 15 is 0 Å². The van der Waals surface area contributed by atoms with Gasteiger partial charge in [-0.15, -0.1) is 15.3 Å². The Hall–Kier alpha value is -1.58. The van der Waals surface area contributed by atoms with E-state index in [0.717, 1.165) is 10.1 Å². The van der Waals surface area contributed by atoms with E-state index in [1.54, 1.807) is 11.8 Å². The number of benzene rings is 1. The fourth-order valence-electron chi connectivity index (χ4n) is 1.60. The molecule has 0 aliphatic carbocycles. The lowest BCUT2D eigenvalue weighted by molar-refractivity contribution is 0.813.